The van der Waals surface area contributed by atoms with Crippen LogP contribution < -0.4 is 0 Å². The summed E-state index contributed by atoms with van der Waals surface area (Å²) in [5, 5.41) is 0. The lowest BCUT2D eigenvalue weighted by Crippen LogP contribution is -2.60. The highest BCUT2D eigenvalue weighted by Crippen LogP contribution is 2.53. The number of hydrogen-bond donors (Lipinski definition) is 0. The second-order valence-electron chi connectivity index (χ2n) is 15.6. The summed E-state index contributed by atoms with van der Waals surface area (Å²) in [5.74, 6) is 3.86. The van der Waals surface area contributed by atoms with Crippen molar-refractivity contribution in [2.45, 2.75) is 121 Å². The molecule has 0 aromatic heterocycles. The Morgan fingerprint density at radius 2 is 1.66 bits per heavy atom. The summed E-state index contributed by atoms with van der Waals surface area (Å²) >= 11 is 0. The van der Waals surface area contributed by atoms with Gasteiger partial charge in [-0.1, -0.05) is 78.3 Å². The molecular formula is C42H56N2. The smallest absolute Gasteiger partial charge is 0.0850 e. The van der Waals surface area contributed by atoms with E-state index in [0.717, 1.165) is 23.7 Å². The van der Waals surface area contributed by atoms with E-state index in [1.807, 2.05) is 11.1 Å². The Labute approximate surface area is 268 Å². The molecule has 2 heteroatoms. The molecule has 2 nitrogen and oxygen atoms in total. The summed E-state index contributed by atoms with van der Waals surface area (Å²) in [7, 11) is 5.05. The third-order valence-electron chi connectivity index (χ3n) is 13.5. The second-order valence-corrected chi connectivity index (χ2v) is 15.6. The summed E-state index contributed by atoms with van der Waals surface area (Å²) in [6.07, 6.45) is 38.9. The summed E-state index contributed by atoms with van der Waals surface area (Å²) in [5.41, 5.74) is 10.5. The van der Waals surface area contributed by atoms with Crippen LogP contribution in [-0.2, 0) is 12.8 Å². The van der Waals surface area contributed by atoms with E-state index >= 15 is 0 Å². The number of aryl methyl sites for hydroxylation is 1. The second kappa shape index (κ2) is 12.6. The van der Waals surface area contributed by atoms with Gasteiger partial charge in [-0.2, -0.15) is 0 Å². The minimum absolute atomic E-state index is 0.442. The van der Waals surface area contributed by atoms with E-state index in [1.54, 1.807) is 22.3 Å². The molecule has 1 aromatic carbocycles. The van der Waals surface area contributed by atoms with Crippen molar-refractivity contribution in [1.29, 1.82) is 0 Å². The van der Waals surface area contributed by atoms with Gasteiger partial charge in [0.05, 0.1) is 6.17 Å². The van der Waals surface area contributed by atoms with E-state index in [9.17, 15) is 0 Å². The molecule has 8 atom stereocenters. The minimum atomic E-state index is 0.442. The van der Waals surface area contributed by atoms with E-state index in [4.69, 9.17) is 0 Å². The van der Waals surface area contributed by atoms with Crippen LogP contribution in [0.15, 0.2) is 77.5 Å². The molecule has 1 saturated carbocycles. The molecule has 1 heterocycles. The van der Waals surface area contributed by atoms with Gasteiger partial charge < -0.3 is 0 Å². The van der Waals surface area contributed by atoms with Crippen LogP contribution in [0.25, 0.3) is 0 Å². The van der Waals surface area contributed by atoms with Gasteiger partial charge in [-0.3, -0.25) is 9.80 Å². The third kappa shape index (κ3) is 5.27. The molecule has 7 aliphatic rings. The van der Waals surface area contributed by atoms with Crippen LogP contribution in [-0.4, -0.2) is 36.1 Å². The van der Waals surface area contributed by atoms with Gasteiger partial charge in [0, 0.05) is 18.0 Å². The van der Waals surface area contributed by atoms with Crippen LogP contribution in [0.1, 0.15) is 113 Å². The number of benzene rings is 1. The lowest BCUT2D eigenvalue weighted by Gasteiger charge is -2.56. The number of allylic oxidation sites excluding steroid dienone is 9. The lowest BCUT2D eigenvalue weighted by molar-refractivity contribution is -0.0459. The third-order valence-corrected chi connectivity index (χ3v) is 13.5. The van der Waals surface area contributed by atoms with Gasteiger partial charge in [0.25, 0.3) is 0 Å². The maximum absolute atomic E-state index is 2.92. The van der Waals surface area contributed by atoms with Crippen molar-refractivity contribution in [2.24, 2.45) is 29.6 Å². The zero-order chi connectivity index (χ0) is 29.6. The van der Waals surface area contributed by atoms with Crippen molar-refractivity contribution in [1.82, 2.24) is 9.80 Å². The van der Waals surface area contributed by atoms with E-state index in [-0.39, 0.29) is 0 Å². The van der Waals surface area contributed by atoms with Gasteiger partial charge in [0.2, 0.25) is 0 Å². The summed E-state index contributed by atoms with van der Waals surface area (Å²) in [4.78, 5) is 5.81. The first-order valence-corrected chi connectivity index (χ1v) is 18.6. The maximum Gasteiger partial charge on any atom is 0.0850 e. The normalized spacial score (nSPS) is 37.7. The molecule has 8 rings (SSSR count). The van der Waals surface area contributed by atoms with Gasteiger partial charge in [-0.25, -0.2) is 0 Å². The fraction of sp³-hybridized carbons (Fsp3) is 0.619. The monoisotopic (exact) mass is 588 g/mol. The van der Waals surface area contributed by atoms with Crippen molar-refractivity contribution in [2.75, 3.05) is 14.1 Å². The van der Waals surface area contributed by atoms with Crippen molar-refractivity contribution in [3.8, 4) is 0 Å². The molecule has 0 spiro atoms. The zero-order valence-electron chi connectivity index (χ0n) is 27.6. The topological polar surface area (TPSA) is 6.48 Å². The first kappa shape index (κ1) is 29.3. The quantitative estimate of drug-likeness (QED) is 0.323. The molecule has 1 saturated heterocycles. The van der Waals surface area contributed by atoms with Gasteiger partial charge in [0.15, 0.2) is 0 Å². The van der Waals surface area contributed by atoms with Crippen LogP contribution in [0.3, 0.4) is 0 Å². The molecule has 0 bridgehead atoms. The van der Waals surface area contributed by atoms with E-state index in [0.29, 0.717) is 24.2 Å². The van der Waals surface area contributed by atoms with Crippen LogP contribution in [0.5, 0.6) is 0 Å². The van der Waals surface area contributed by atoms with Crippen molar-refractivity contribution < 1.29 is 0 Å². The Kier molecular flexibility index (Phi) is 8.35. The van der Waals surface area contributed by atoms with Gasteiger partial charge >= 0.3 is 0 Å². The van der Waals surface area contributed by atoms with Gasteiger partial charge in [-0.15, -0.1) is 0 Å². The molecule has 0 radical (unpaired) electrons. The van der Waals surface area contributed by atoms with Crippen molar-refractivity contribution >= 4 is 0 Å². The first-order chi connectivity index (χ1) is 21.7. The molecule has 2 fully saturated rings. The average molecular weight is 589 g/mol. The number of nitrogens with zero attached hydrogens (tertiary/aromatic N) is 2. The van der Waals surface area contributed by atoms with Gasteiger partial charge in [-0.05, 0) is 156 Å². The Morgan fingerprint density at radius 3 is 2.52 bits per heavy atom. The lowest BCUT2D eigenvalue weighted by atomic mass is 9.61. The van der Waals surface area contributed by atoms with Crippen LogP contribution in [0.4, 0.5) is 0 Å². The number of rotatable bonds is 4. The number of fused-ring (bicyclic) bond motifs is 4. The van der Waals surface area contributed by atoms with Crippen molar-refractivity contribution in [3.05, 3.63) is 94.1 Å². The molecule has 0 N–H and O–H groups in total. The predicted octanol–water partition coefficient (Wildman–Crippen LogP) is 9.90. The highest BCUT2D eigenvalue weighted by Gasteiger charge is 2.47. The van der Waals surface area contributed by atoms with Crippen LogP contribution >= 0.6 is 0 Å². The SMILES string of the molecule is CN1C(c2cccc3c2CCCC3)CC(C2CC=C(C3C=CC=CC3)CC2)N(C)C1C1=C2CCCCC2C2C=CCCC2C1. The fourth-order valence-electron chi connectivity index (χ4n) is 11.3. The first-order valence-electron chi connectivity index (χ1n) is 18.6. The average Bonchev–Trinajstić information content (AvgIpc) is 3.09. The van der Waals surface area contributed by atoms with E-state index < -0.39 is 0 Å². The largest absolute Gasteiger partial charge is 0.284 e. The molecule has 0 amide bonds. The number of likely N-dealkylation sites (N-methyl/N-ethyl adjacent to an activating group) is 2. The van der Waals surface area contributed by atoms with E-state index in [1.165, 1.54) is 103 Å². The Hall–Kier alpha value is -2.16. The molecule has 8 unspecified atom stereocenters. The standard InChI is InChI=1S/C42H56N2/c1-43-40(32-25-23-30(24-26-32)29-13-4-3-5-14-29)28-41(38-22-12-17-31-15-6-8-18-34(31)38)44(2)42(43)39-27-33-16-7-9-19-35(33)36-20-10-11-21-37(36)39/h3-5,9,12-13,17,19,22-23,29,32-33,35-36,40-42H,6-8,10-11,14-16,18,20-21,24-28H2,1-2H3. The zero-order valence-corrected chi connectivity index (χ0v) is 27.6. The summed E-state index contributed by atoms with van der Waals surface area (Å²) in [6, 6.07) is 8.54. The van der Waals surface area contributed by atoms with Crippen molar-refractivity contribution in [3.63, 3.8) is 0 Å². The molecule has 44 heavy (non-hydrogen) atoms. The molecule has 234 valence electrons. The maximum atomic E-state index is 2.92. The highest BCUT2D eigenvalue weighted by atomic mass is 15.4. The Morgan fingerprint density at radius 1 is 0.750 bits per heavy atom. The minimum Gasteiger partial charge on any atom is -0.284 e. The molecular weight excluding hydrogens is 532 g/mol. The molecule has 1 aliphatic heterocycles. The van der Waals surface area contributed by atoms with E-state index in [2.05, 4.69) is 84.6 Å². The molecule has 1 aromatic rings. The summed E-state index contributed by atoms with van der Waals surface area (Å²) < 4.78 is 0. The summed E-state index contributed by atoms with van der Waals surface area (Å²) in [6.45, 7) is 0. The molecule has 6 aliphatic carbocycles. The highest BCUT2D eigenvalue weighted by molar-refractivity contribution is 5.40. The van der Waals surface area contributed by atoms with Gasteiger partial charge in [0.1, 0.15) is 0 Å². The Bertz CT molecular complexity index is 1370. The fourth-order valence-corrected chi connectivity index (χ4v) is 11.3. The van der Waals surface area contributed by atoms with Crippen LogP contribution in [0, 0.1) is 29.6 Å². The number of hydrogen-bond acceptors (Lipinski definition) is 2. The predicted molar refractivity (Wildman–Crippen MR) is 184 cm³/mol. The van der Waals surface area contributed by atoms with Crippen LogP contribution in [0.2, 0.25) is 0 Å². The Balaban J connectivity index is 1.17.